The molecule has 0 fully saturated rings. The molecule has 5 nitrogen and oxygen atoms in total. The number of ether oxygens (including phenoxy) is 1. The monoisotopic (exact) mass is 394 g/mol. The summed E-state index contributed by atoms with van der Waals surface area (Å²) in [6, 6.07) is 11.3. The lowest BCUT2D eigenvalue weighted by molar-refractivity contribution is 0.101. The van der Waals surface area contributed by atoms with Gasteiger partial charge in [-0.15, -0.1) is 0 Å². The fourth-order valence-corrected chi connectivity index (χ4v) is 3.64. The van der Waals surface area contributed by atoms with Gasteiger partial charge in [0.05, 0.1) is 11.1 Å². The van der Waals surface area contributed by atoms with E-state index in [1.54, 1.807) is 18.2 Å². The van der Waals surface area contributed by atoms with Crippen LogP contribution in [0, 0.1) is 0 Å². The fourth-order valence-electron chi connectivity index (χ4n) is 3.64. The number of phenolic OH excluding ortho intramolecular Hbond substituents is 1. The highest BCUT2D eigenvalue weighted by molar-refractivity contribution is 6.15. The molecule has 1 aliphatic heterocycles. The van der Waals surface area contributed by atoms with Crippen LogP contribution < -0.4 is 9.64 Å². The Morgan fingerprint density at radius 1 is 0.931 bits per heavy atom. The molecule has 3 rings (SSSR count). The summed E-state index contributed by atoms with van der Waals surface area (Å²) in [5, 5.41) is 10.4. The number of aromatic hydroxyl groups is 1. The van der Waals surface area contributed by atoms with Crippen molar-refractivity contribution in [3.05, 3.63) is 58.8 Å². The average molecular weight is 395 g/mol. The Bertz CT molecular complexity index is 895. The second kappa shape index (κ2) is 9.14. The number of fused-ring (bicyclic) bond motifs is 1. The fraction of sp³-hybridized carbons (Fsp3) is 0.375. The van der Waals surface area contributed by atoms with Gasteiger partial charge in [-0.1, -0.05) is 26.0 Å². The Labute approximate surface area is 173 Å². The number of rotatable bonds is 8. The Balaban J connectivity index is 1.88. The number of Topliss-reactive ketones (excluding diaryl/α,β-unsaturated/α-hetero) is 1. The van der Waals surface area contributed by atoms with Gasteiger partial charge in [-0.2, -0.15) is 0 Å². The minimum Gasteiger partial charge on any atom is -0.507 e. The molecule has 1 heterocycles. The SMILES string of the molecule is CCN(CC)Cc1c(O)ccc2c1O/C(=C\c1ccc(N(CC)CC)cc1)C2=O. The molecule has 0 amide bonds. The highest BCUT2D eigenvalue weighted by Gasteiger charge is 2.31. The minimum absolute atomic E-state index is 0.145. The molecular formula is C24H30N2O3. The van der Waals surface area contributed by atoms with Crippen molar-refractivity contribution in [2.75, 3.05) is 31.1 Å². The van der Waals surface area contributed by atoms with Crippen molar-refractivity contribution in [2.24, 2.45) is 0 Å². The highest BCUT2D eigenvalue weighted by Crippen LogP contribution is 2.40. The molecule has 1 aliphatic rings. The molecule has 0 unspecified atom stereocenters. The summed E-state index contributed by atoms with van der Waals surface area (Å²) in [5.74, 6) is 0.789. The topological polar surface area (TPSA) is 53.0 Å². The van der Waals surface area contributed by atoms with Crippen molar-refractivity contribution in [3.8, 4) is 11.5 Å². The van der Waals surface area contributed by atoms with E-state index in [1.165, 1.54) is 0 Å². The number of ketones is 1. The van der Waals surface area contributed by atoms with E-state index in [0.29, 0.717) is 29.2 Å². The smallest absolute Gasteiger partial charge is 0.231 e. The summed E-state index contributed by atoms with van der Waals surface area (Å²) >= 11 is 0. The molecule has 1 N–H and O–H groups in total. The van der Waals surface area contributed by atoms with Gasteiger partial charge >= 0.3 is 0 Å². The molecule has 2 aromatic rings. The summed E-state index contributed by atoms with van der Waals surface area (Å²) in [5.41, 5.74) is 3.24. The van der Waals surface area contributed by atoms with Crippen LogP contribution in [0.1, 0.15) is 49.2 Å². The zero-order valence-corrected chi connectivity index (χ0v) is 17.7. The molecule has 154 valence electrons. The van der Waals surface area contributed by atoms with Gasteiger partial charge < -0.3 is 14.7 Å². The summed E-state index contributed by atoms with van der Waals surface area (Å²) in [6.07, 6.45) is 1.77. The number of allylic oxidation sites excluding steroid dienone is 1. The zero-order chi connectivity index (χ0) is 21.0. The number of hydrogen-bond acceptors (Lipinski definition) is 5. The number of carbonyl (C=O) groups is 1. The second-order valence-electron chi connectivity index (χ2n) is 7.10. The van der Waals surface area contributed by atoms with E-state index in [-0.39, 0.29) is 11.5 Å². The molecule has 0 saturated carbocycles. The predicted octanol–water partition coefficient (Wildman–Crippen LogP) is 4.70. The lowest BCUT2D eigenvalue weighted by Gasteiger charge is -2.20. The number of nitrogens with zero attached hydrogens (tertiary/aromatic N) is 2. The van der Waals surface area contributed by atoms with E-state index in [4.69, 9.17) is 4.74 Å². The van der Waals surface area contributed by atoms with Gasteiger partial charge in [0.2, 0.25) is 5.78 Å². The maximum absolute atomic E-state index is 12.9. The Morgan fingerprint density at radius 2 is 1.59 bits per heavy atom. The predicted molar refractivity (Wildman–Crippen MR) is 118 cm³/mol. The van der Waals surface area contributed by atoms with Crippen molar-refractivity contribution in [1.29, 1.82) is 0 Å². The van der Waals surface area contributed by atoms with E-state index in [0.717, 1.165) is 37.4 Å². The van der Waals surface area contributed by atoms with Crippen LogP contribution in [0.15, 0.2) is 42.2 Å². The third-order valence-corrected chi connectivity index (χ3v) is 5.51. The van der Waals surface area contributed by atoms with Crippen LogP contribution in [-0.4, -0.2) is 42.0 Å². The number of carbonyl (C=O) groups excluding carboxylic acids is 1. The molecule has 0 saturated heterocycles. The van der Waals surface area contributed by atoms with Gasteiger partial charge in [0, 0.05) is 25.3 Å². The Hall–Kier alpha value is -2.79. The first-order valence-corrected chi connectivity index (χ1v) is 10.4. The van der Waals surface area contributed by atoms with Crippen LogP contribution in [0.4, 0.5) is 5.69 Å². The highest BCUT2D eigenvalue weighted by atomic mass is 16.5. The van der Waals surface area contributed by atoms with Crippen LogP contribution in [0.2, 0.25) is 0 Å². The first-order valence-electron chi connectivity index (χ1n) is 10.4. The summed E-state index contributed by atoms with van der Waals surface area (Å²) in [6.45, 7) is 12.6. The molecule has 0 aliphatic carbocycles. The van der Waals surface area contributed by atoms with Crippen LogP contribution >= 0.6 is 0 Å². The maximum Gasteiger partial charge on any atom is 0.231 e. The van der Waals surface area contributed by atoms with Gasteiger partial charge in [-0.3, -0.25) is 9.69 Å². The van der Waals surface area contributed by atoms with Crippen molar-refractivity contribution < 1.29 is 14.6 Å². The van der Waals surface area contributed by atoms with E-state index in [9.17, 15) is 9.90 Å². The van der Waals surface area contributed by atoms with E-state index in [1.807, 2.05) is 12.1 Å². The summed E-state index contributed by atoms with van der Waals surface area (Å²) in [4.78, 5) is 17.3. The van der Waals surface area contributed by atoms with Crippen molar-refractivity contribution >= 4 is 17.5 Å². The number of hydrogen-bond donors (Lipinski definition) is 1. The number of anilines is 1. The number of phenols is 1. The molecule has 0 aromatic heterocycles. The Kier molecular flexibility index (Phi) is 6.60. The standard InChI is InChI=1S/C24H30N2O3/c1-5-25(6-2)16-20-21(27)14-13-19-23(28)22(29-24(19)20)15-17-9-11-18(12-10-17)26(7-3)8-4/h9-15,27H,5-8,16H2,1-4H3/b22-15-. The van der Waals surface area contributed by atoms with Crippen LogP contribution in [0.5, 0.6) is 11.5 Å². The van der Waals surface area contributed by atoms with Gasteiger partial charge in [0.25, 0.3) is 0 Å². The van der Waals surface area contributed by atoms with Crippen LogP contribution in [0.25, 0.3) is 6.08 Å². The first kappa shape index (κ1) is 20.9. The first-order chi connectivity index (χ1) is 14.0. The normalized spacial score (nSPS) is 14.4. The van der Waals surface area contributed by atoms with E-state index in [2.05, 4.69) is 49.6 Å². The third kappa shape index (κ3) is 4.30. The van der Waals surface area contributed by atoms with Crippen LogP contribution in [0.3, 0.4) is 0 Å². The Morgan fingerprint density at radius 3 is 2.17 bits per heavy atom. The molecular weight excluding hydrogens is 364 g/mol. The minimum atomic E-state index is -0.145. The lowest BCUT2D eigenvalue weighted by atomic mass is 10.0. The largest absolute Gasteiger partial charge is 0.507 e. The molecule has 0 spiro atoms. The lowest BCUT2D eigenvalue weighted by Crippen LogP contribution is -2.22. The van der Waals surface area contributed by atoms with Crippen molar-refractivity contribution in [3.63, 3.8) is 0 Å². The van der Waals surface area contributed by atoms with Gasteiger partial charge in [-0.05, 0) is 62.8 Å². The van der Waals surface area contributed by atoms with E-state index < -0.39 is 0 Å². The van der Waals surface area contributed by atoms with Gasteiger partial charge in [0.1, 0.15) is 11.5 Å². The quantitative estimate of drug-likeness (QED) is 0.658. The van der Waals surface area contributed by atoms with Crippen molar-refractivity contribution in [1.82, 2.24) is 4.90 Å². The molecule has 5 heteroatoms. The van der Waals surface area contributed by atoms with Gasteiger partial charge in [0.15, 0.2) is 5.76 Å². The molecule has 0 bridgehead atoms. The third-order valence-electron chi connectivity index (χ3n) is 5.51. The van der Waals surface area contributed by atoms with Crippen LogP contribution in [-0.2, 0) is 6.54 Å². The second-order valence-corrected chi connectivity index (χ2v) is 7.10. The molecule has 0 atom stereocenters. The maximum atomic E-state index is 12.9. The molecule has 29 heavy (non-hydrogen) atoms. The zero-order valence-electron chi connectivity index (χ0n) is 17.7. The summed E-state index contributed by atoms with van der Waals surface area (Å²) < 4.78 is 5.96. The van der Waals surface area contributed by atoms with Crippen molar-refractivity contribution in [2.45, 2.75) is 34.2 Å². The average Bonchev–Trinajstić information content (AvgIpc) is 3.05. The molecule has 0 radical (unpaired) electrons. The van der Waals surface area contributed by atoms with E-state index >= 15 is 0 Å². The number of benzene rings is 2. The summed E-state index contributed by atoms with van der Waals surface area (Å²) in [7, 11) is 0. The van der Waals surface area contributed by atoms with Gasteiger partial charge in [-0.25, -0.2) is 0 Å². The molecule has 2 aromatic carbocycles.